The summed E-state index contributed by atoms with van der Waals surface area (Å²) in [6, 6.07) is 48.5. The van der Waals surface area contributed by atoms with E-state index in [0.29, 0.717) is 0 Å². The third-order valence-electron chi connectivity index (χ3n) is 9.06. The first kappa shape index (κ1) is 33.6. The zero-order valence-corrected chi connectivity index (χ0v) is 29.7. The molecule has 2 aliphatic rings. The maximum Gasteiger partial charge on any atom is 3.00 e. The second kappa shape index (κ2) is 13.9. The average molecular weight is 710 g/mol. The van der Waals surface area contributed by atoms with Gasteiger partial charge in [0.25, 0.3) is 0 Å². The molecule has 0 spiro atoms. The summed E-state index contributed by atoms with van der Waals surface area (Å²) in [5.41, 5.74) is 16.6. The number of allylic oxidation sites excluding steroid dienone is 1. The molecule has 3 heteroatoms. The van der Waals surface area contributed by atoms with Gasteiger partial charge in [0.1, 0.15) is 0 Å². The largest absolute Gasteiger partial charge is 3.00 e. The van der Waals surface area contributed by atoms with Crippen molar-refractivity contribution in [3.05, 3.63) is 194 Å². The smallest absolute Gasteiger partial charge is 1.00 e. The molecular weight excluding hydrogens is 679 g/mol. The normalized spacial score (nSPS) is 13.2. The fourth-order valence-corrected chi connectivity index (χ4v) is 6.98. The van der Waals surface area contributed by atoms with Gasteiger partial charge in [0.15, 0.2) is 0 Å². The van der Waals surface area contributed by atoms with Crippen LogP contribution in [0.2, 0.25) is 0 Å². The molecule has 0 heterocycles. The predicted octanol–water partition coefficient (Wildman–Crippen LogP) is 3.07. The van der Waals surface area contributed by atoms with E-state index in [1.807, 2.05) is 0 Å². The molecular formula is C43H31Cl2Zr. The van der Waals surface area contributed by atoms with Crippen molar-refractivity contribution >= 4 is 17.7 Å². The van der Waals surface area contributed by atoms with E-state index in [1.54, 1.807) is 0 Å². The van der Waals surface area contributed by atoms with Crippen LogP contribution in [0, 0.1) is 13.8 Å². The molecule has 0 saturated carbocycles. The number of hydrogen-bond donors (Lipinski definition) is 0. The van der Waals surface area contributed by atoms with E-state index >= 15 is 0 Å². The van der Waals surface area contributed by atoms with Crippen molar-refractivity contribution in [1.29, 1.82) is 0 Å². The number of rotatable bonds is 4. The van der Waals surface area contributed by atoms with E-state index in [4.69, 9.17) is 0 Å². The van der Waals surface area contributed by atoms with Gasteiger partial charge in [-0.2, -0.15) is 0 Å². The Morgan fingerprint density at radius 1 is 0.609 bits per heavy atom. The van der Waals surface area contributed by atoms with Gasteiger partial charge < -0.3 is 24.8 Å². The van der Waals surface area contributed by atoms with E-state index in [9.17, 15) is 0 Å². The number of aryl methyl sites for hydroxylation is 1. The molecule has 0 bridgehead atoms. The minimum absolute atomic E-state index is 0. The van der Waals surface area contributed by atoms with E-state index in [2.05, 4.69) is 166 Å². The summed E-state index contributed by atoms with van der Waals surface area (Å²) in [7, 11) is 0. The molecule has 6 aromatic rings. The van der Waals surface area contributed by atoms with E-state index in [1.165, 1.54) is 82.8 Å². The summed E-state index contributed by atoms with van der Waals surface area (Å²) in [5, 5.41) is 2.51. The minimum atomic E-state index is 0. The van der Waals surface area contributed by atoms with Gasteiger partial charge in [-0.1, -0.05) is 150 Å². The first-order valence-corrected chi connectivity index (χ1v) is 15.1. The zero-order valence-electron chi connectivity index (χ0n) is 25.7. The molecule has 1 radical (unpaired) electrons. The summed E-state index contributed by atoms with van der Waals surface area (Å²) >= 11 is 0. The summed E-state index contributed by atoms with van der Waals surface area (Å²) < 4.78 is 0. The molecule has 0 fully saturated rings. The average Bonchev–Trinajstić information content (AvgIpc) is 3.63. The SMILES string of the molecule is Cc1ccc2c(c1)[C-]=c1c-2cc(=C(c2ccccc2)c2ccccc2)c(C)c1C1C=Cc2cc(-c3ccccc3)ccc21.[Cl-].[Cl-].[Zr+3]. The Kier molecular flexibility index (Phi) is 10.2. The maximum atomic E-state index is 3.88. The minimum Gasteiger partial charge on any atom is -1.00 e. The Morgan fingerprint density at radius 2 is 1.24 bits per heavy atom. The number of benzene rings is 6. The molecule has 1 unspecified atom stereocenters. The van der Waals surface area contributed by atoms with Crippen molar-refractivity contribution < 1.29 is 51.0 Å². The van der Waals surface area contributed by atoms with Gasteiger partial charge in [-0.05, 0) is 64.1 Å². The van der Waals surface area contributed by atoms with Crippen LogP contribution in [0.25, 0.3) is 40.0 Å². The molecule has 0 nitrogen and oxygen atoms in total. The first-order chi connectivity index (χ1) is 21.2. The molecule has 0 amide bonds. The summed E-state index contributed by atoms with van der Waals surface area (Å²) in [5.74, 6) is 0.157. The third-order valence-corrected chi connectivity index (χ3v) is 9.06. The summed E-state index contributed by atoms with van der Waals surface area (Å²) in [6.07, 6.45) is 8.59. The van der Waals surface area contributed by atoms with Crippen LogP contribution >= 0.6 is 0 Å². The van der Waals surface area contributed by atoms with Crippen LogP contribution < -0.4 is 35.3 Å². The monoisotopic (exact) mass is 707 g/mol. The summed E-state index contributed by atoms with van der Waals surface area (Å²) in [6.45, 7) is 4.48. The van der Waals surface area contributed by atoms with Gasteiger partial charge in [0, 0.05) is 5.92 Å². The number of hydrogen-bond acceptors (Lipinski definition) is 0. The fourth-order valence-electron chi connectivity index (χ4n) is 6.98. The molecule has 1 atom stereocenters. The van der Waals surface area contributed by atoms with Crippen molar-refractivity contribution in [2.24, 2.45) is 0 Å². The van der Waals surface area contributed by atoms with Gasteiger partial charge in [0.05, 0.1) is 0 Å². The molecule has 6 aromatic carbocycles. The number of halogens is 2. The van der Waals surface area contributed by atoms with Crippen LogP contribution in [-0.2, 0) is 26.2 Å². The van der Waals surface area contributed by atoms with Crippen molar-refractivity contribution in [3.8, 4) is 22.3 Å². The molecule has 0 aromatic heterocycles. The van der Waals surface area contributed by atoms with Gasteiger partial charge in [-0.25, -0.2) is 0 Å². The Balaban J connectivity index is 0.00000139. The second-order valence-electron chi connectivity index (χ2n) is 11.7. The van der Waals surface area contributed by atoms with Crippen LogP contribution in [0.3, 0.4) is 0 Å². The van der Waals surface area contributed by atoms with Crippen LogP contribution in [0.15, 0.2) is 140 Å². The van der Waals surface area contributed by atoms with E-state index < -0.39 is 0 Å². The molecule has 0 aliphatic heterocycles. The molecule has 0 saturated heterocycles. The van der Waals surface area contributed by atoms with Crippen LogP contribution in [0.1, 0.15) is 50.4 Å². The van der Waals surface area contributed by atoms with Crippen LogP contribution in [0.5, 0.6) is 0 Å². The van der Waals surface area contributed by atoms with Crippen molar-refractivity contribution in [1.82, 2.24) is 0 Å². The summed E-state index contributed by atoms with van der Waals surface area (Å²) in [4.78, 5) is 0. The molecule has 8 rings (SSSR count). The van der Waals surface area contributed by atoms with Crippen LogP contribution in [-0.4, -0.2) is 0 Å². The van der Waals surface area contributed by atoms with Crippen molar-refractivity contribution in [2.45, 2.75) is 19.8 Å². The molecule has 221 valence electrons. The van der Waals surface area contributed by atoms with Gasteiger partial charge >= 0.3 is 26.2 Å². The second-order valence-corrected chi connectivity index (χ2v) is 11.7. The maximum absolute atomic E-state index is 3.88. The van der Waals surface area contributed by atoms with Crippen LogP contribution in [0.4, 0.5) is 0 Å². The quantitative estimate of drug-likeness (QED) is 0.247. The Labute approximate surface area is 303 Å². The van der Waals surface area contributed by atoms with Crippen molar-refractivity contribution in [3.63, 3.8) is 0 Å². The van der Waals surface area contributed by atoms with Crippen molar-refractivity contribution in [2.75, 3.05) is 0 Å². The van der Waals surface area contributed by atoms with Gasteiger partial charge in [-0.15, -0.1) is 34.1 Å². The Bertz CT molecular complexity index is 2140. The van der Waals surface area contributed by atoms with Gasteiger partial charge in [0.2, 0.25) is 0 Å². The fraction of sp³-hybridized carbons (Fsp3) is 0.0698. The van der Waals surface area contributed by atoms with Gasteiger partial charge in [-0.3, -0.25) is 0 Å². The zero-order chi connectivity index (χ0) is 28.9. The third kappa shape index (κ3) is 5.82. The Morgan fingerprint density at radius 3 is 1.89 bits per heavy atom. The molecule has 46 heavy (non-hydrogen) atoms. The molecule has 2 aliphatic carbocycles. The predicted molar refractivity (Wildman–Crippen MR) is 180 cm³/mol. The first-order valence-electron chi connectivity index (χ1n) is 15.1. The molecule has 0 N–H and O–H groups in total. The topological polar surface area (TPSA) is 0 Å². The van der Waals surface area contributed by atoms with E-state index in [0.717, 1.165) is 0 Å². The standard InChI is InChI=1S/C43H31.2ClH.Zr/c1-28-18-21-37-35(24-28)26-41-40(37)27-39(43(31-14-8-4-9-15-31)32-16-10-5-11-17-32)29(2)42(41)38-23-20-34-25-33(19-22-36(34)38)30-12-6-3-7-13-30;;;/h3-25,27,38H,1-2H3;2*1H;/q-1;;;+3/p-2. The number of fused-ring (bicyclic) bond motifs is 4. The van der Waals surface area contributed by atoms with E-state index in [-0.39, 0.29) is 56.9 Å². The Hall–Kier alpha value is -3.74.